The van der Waals surface area contributed by atoms with E-state index in [1.807, 2.05) is 48.5 Å². The van der Waals surface area contributed by atoms with Crippen molar-refractivity contribution in [3.8, 4) is 5.75 Å². The summed E-state index contributed by atoms with van der Waals surface area (Å²) >= 11 is 0. The van der Waals surface area contributed by atoms with Crippen molar-refractivity contribution in [3.63, 3.8) is 0 Å². The van der Waals surface area contributed by atoms with Crippen LogP contribution in [0, 0.1) is 0 Å². The van der Waals surface area contributed by atoms with Gasteiger partial charge in [-0.15, -0.1) is 0 Å². The summed E-state index contributed by atoms with van der Waals surface area (Å²) < 4.78 is 11.1. The Morgan fingerprint density at radius 1 is 1.15 bits per heavy atom. The van der Waals surface area contributed by atoms with Crippen LogP contribution in [-0.2, 0) is 6.61 Å². The van der Waals surface area contributed by atoms with Gasteiger partial charge < -0.3 is 9.15 Å². The minimum absolute atomic E-state index is 0.0102. The van der Waals surface area contributed by atoms with Gasteiger partial charge in [0.2, 0.25) is 0 Å². The molecule has 0 atom stereocenters. The van der Waals surface area contributed by atoms with Gasteiger partial charge in [0.05, 0.1) is 5.56 Å². The van der Waals surface area contributed by atoms with Crippen molar-refractivity contribution in [3.05, 3.63) is 65.9 Å². The Balaban J connectivity index is 1.85. The Bertz CT molecular complexity index is 741. The fourth-order valence-corrected chi connectivity index (χ4v) is 2.11. The summed E-state index contributed by atoms with van der Waals surface area (Å²) in [5.41, 5.74) is 2.39. The second-order valence-corrected chi connectivity index (χ2v) is 4.64. The van der Waals surface area contributed by atoms with Crippen molar-refractivity contribution in [2.45, 2.75) is 13.5 Å². The van der Waals surface area contributed by atoms with Gasteiger partial charge in [-0.25, -0.2) is 0 Å². The molecular weight excluding hydrogens is 252 g/mol. The largest absolute Gasteiger partial charge is 0.489 e. The number of carbonyl (C=O) groups excluding carboxylic acids is 1. The van der Waals surface area contributed by atoms with Gasteiger partial charge in [-0.1, -0.05) is 30.3 Å². The van der Waals surface area contributed by atoms with Crippen molar-refractivity contribution >= 4 is 16.8 Å². The van der Waals surface area contributed by atoms with E-state index < -0.39 is 0 Å². The van der Waals surface area contributed by atoms with Crippen molar-refractivity contribution in [2.75, 3.05) is 0 Å². The Morgan fingerprint density at radius 2 is 1.95 bits per heavy atom. The maximum absolute atomic E-state index is 11.5. The molecule has 0 unspecified atom stereocenters. The number of fused-ring (bicyclic) bond motifs is 1. The lowest BCUT2D eigenvalue weighted by atomic mass is 10.1. The minimum Gasteiger partial charge on any atom is -0.489 e. The van der Waals surface area contributed by atoms with E-state index in [4.69, 9.17) is 9.15 Å². The third-order valence-corrected chi connectivity index (χ3v) is 3.17. The summed E-state index contributed by atoms with van der Waals surface area (Å²) in [4.78, 5) is 11.5. The molecule has 0 aliphatic heterocycles. The quantitative estimate of drug-likeness (QED) is 0.664. The highest BCUT2D eigenvalue weighted by atomic mass is 16.5. The summed E-state index contributed by atoms with van der Waals surface area (Å²) in [7, 11) is 0. The number of furan rings is 1. The predicted octanol–water partition coefficient (Wildman–Crippen LogP) is 4.21. The van der Waals surface area contributed by atoms with Crippen LogP contribution in [0.25, 0.3) is 11.0 Å². The molecule has 20 heavy (non-hydrogen) atoms. The lowest BCUT2D eigenvalue weighted by Gasteiger charge is -2.06. The molecule has 0 aliphatic carbocycles. The minimum atomic E-state index is -0.0102. The normalized spacial score (nSPS) is 10.7. The van der Waals surface area contributed by atoms with Gasteiger partial charge in [0.15, 0.2) is 5.78 Å². The molecular formula is C17H14O3. The zero-order valence-electron chi connectivity index (χ0n) is 11.1. The van der Waals surface area contributed by atoms with Gasteiger partial charge in [0.1, 0.15) is 24.2 Å². The Labute approximate surface area is 116 Å². The van der Waals surface area contributed by atoms with Gasteiger partial charge in [0.25, 0.3) is 0 Å². The van der Waals surface area contributed by atoms with E-state index in [-0.39, 0.29) is 5.78 Å². The van der Waals surface area contributed by atoms with Crippen molar-refractivity contribution in [1.82, 2.24) is 0 Å². The predicted molar refractivity (Wildman–Crippen MR) is 77.0 cm³/mol. The number of rotatable bonds is 4. The number of hydrogen-bond donors (Lipinski definition) is 0. The summed E-state index contributed by atoms with van der Waals surface area (Å²) in [6.07, 6.45) is 1.49. The van der Waals surface area contributed by atoms with Gasteiger partial charge >= 0.3 is 0 Å². The highest BCUT2D eigenvalue weighted by molar-refractivity contribution is 6.06. The average molecular weight is 266 g/mol. The molecule has 0 saturated carbocycles. The van der Waals surface area contributed by atoms with Crippen molar-refractivity contribution < 1.29 is 13.9 Å². The van der Waals surface area contributed by atoms with Crippen LogP contribution in [0.5, 0.6) is 5.75 Å². The van der Waals surface area contributed by atoms with E-state index in [1.165, 1.54) is 13.2 Å². The van der Waals surface area contributed by atoms with E-state index in [0.29, 0.717) is 17.8 Å². The van der Waals surface area contributed by atoms with Gasteiger partial charge in [-0.3, -0.25) is 4.79 Å². The Morgan fingerprint density at radius 3 is 2.70 bits per heavy atom. The summed E-state index contributed by atoms with van der Waals surface area (Å²) in [5.74, 6) is 0.717. The number of ether oxygens (including phenoxy) is 1. The summed E-state index contributed by atoms with van der Waals surface area (Å²) in [5, 5.41) is 0.795. The Hall–Kier alpha value is -2.55. The molecule has 0 spiro atoms. The molecule has 0 fully saturated rings. The maximum Gasteiger partial charge on any atom is 0.163 e. The third-order valence-electron chi connectivity index (χ3n) is 3.17. The second-order valence-electron chi connectivity index (χ2n) is 4.64. The number of Topliss-reactive ketones (excluding diaryl/α,β-unsaturated/α-hetero) is 1. The van der Waals surface area contributed by atoms with E-state index in [0.717, 1.165) is 16.7 Å². The standard InChI is InChI=1S/C17H14O3/c1-12(18)16-11-20-17-8-7-14(9-15(16)17)19-10-13-5-3-2-4-6-13/h2-9,11H,10H2,1H3. The Kier molecular flexibility index (Phi) is 3.25. The van der Waals surface area contributed by atoms with Crippen LogP contribution in [-0.4, -0.2) is 5.78 Å². The van der Waals surface area contributed by atoms with Crippen LogP contribution >= 0.6 is 0 Å². The van der Waals surface area contributed by atoms with Crippen LogP contribution < -0.4 is 4.74 Å². The number of carbonyl (C=O) groups is 1. The van der Waals surface area contributed by atoms with E-state index >= 15 is 0 Å². The van der Waals surface area contributed by atoms with Crippen LogP contribution in [0.1, 0.15) is 22.8 Å². The van der Waals surface area contributed by atoms with E-state index in [9.17, 15) is 4.79 Å². The van der Waals surface area contributed by atoms with Crippen LogP contribution in [0.4, 0.5) is 0 Å². The fourth-order valence-electron chi connectivity index (χ4n) is 2.11. The van der Waals surface area contributed by atoms with Crippen molar-refractivity contribution in [2.24, 2.45) is 0 Å². The van der Waals surface area contributed by atoms with Gasteiger partial charge in [-0.2, -0.15) is 0 Å². The van der Waals surface area contributed by atoms with Crippen LogP contribution in [0.2, 0.25) is 0 Å². The molecule has 0 aliphatic rings. The zero-order chi connectivity index (χ0) is 13.9. The molecule has 1 aromatic heterocycles. The first-order chi connectivity index (χ1) is 9.74. The first kappa shape index (κ1) is 12.5. The summed E-state index contributed by atoms with van der Waals surface area (Å²) in [6.45, 7) is 2.03. The maximum atomic E-state index is 11.5. The second kappa shape index (κ2) is 5.21. The highest BCUT2D eigenvalue weighted by Crippen LogP contribution is 2.26. The molecule has 3 aromatic rings. The molecule has 0 bridgehead atoms. The van der Waals surface area contributed by atoms with E-state index in [1.54, 1.807) is 0 Å². The fraction of sp³-hybridized carbons (Fsp3) is 0.118. The first-order valence-corrected chi connectivity index (χ1v) is 6.43. The lowest BCUT2D eigenvalue weighted by Crippen LogP contribution is -1.95. The molecule has 0 N–H and O–H groups in total. The molecule has 100 valence electrons. The average Bonchev–Trinajstić information content (AvgIpc) is 2.89. The SMILES string of the molecule is CC(=O)c1coc2ccc(OCc3ccccc3)cc12. The summed E-state index contributed by atoms with van der Waals surface area (Å²) in [6, 6.07) is 15.5. The molecule has 0 radical (unpaired) electrons. The molecule has 3 rings (SSSR count). The lowest BCUT2D eigenvalue weighted by molar-refractivity contribution is 0.101. The molecule has 0 saturated heterocycles. The topological polar surface area (TPSA) is 39.4 Å². The molecule has 3 heteroatoms. The molecule has 2 aromatic carbocycles. The molecule has 3 nitrogen and oxygen atoms in total. The van der Waals surface area contributed by atoms with Gasteiger partial charge in [0, 0.05) is 5.39 Å². The first-order valence-electron chi connectivity index (χ1n) is 6.43. The number of ketones is 1. The van der Waals surface area contributed by atoms with E-state index in [2.05, 4.69) is 0 Å². The molecule has 0 amide bonds. The van der Waals surface area contributed by atoms with Gasteiger partial charge in [-0.05, 0) is 30.7 Å². The van der Waals surface area contributed by atoms with Crippen LogP contribution in [0.15, 0.2) is 59.2 Å². The van der Waals surface area contributed by atoms with Crippen molar-refractivity contribution in [1.29, 1.82) is 0 Å². The smallest absolute Gasteiger partial charge is 0.163 e. The number of hydrogen-bond acceptors (Lipinski definition) is 3. The number of benzene rings is 2. The highest BCUT2D eigenvalue weighted by Gasteiger charge is 2.10. The third kappa shape index (κ3) is 2.43. The molecule has 1 heterocycles. The van der Waals surface area contributed by atoms with Crippen LogP contribution in [0.3, 0.4) is 0 Å². The monoisotopic (exact) mass is 266 g/mol. The zero-order valence-corrected chi connectivity index (χ0v) is 11.1.